The molecule has 1 N–H and O–H groups in total. The first-order valence-corrected chi connectivity index (χ1v) is 4.32. The van der Waals surface area contributed by atoms with Gasteiger partial charge in [-0.15, -0.1) is 0 Å². The van der Waals surface area contributed by atoms with Crippen molar-refractivity contribution in [3.05, 3.63) is 0 Å². The molecule has 7 nitrogen and oxygen atoms in total. The second-order valence-electron chi connectivity index (χ2n) is 2.65. The van der Waals surface area contributed by atoms with Crippen LogP contribution in [-0.2, 0) is 19.1 Å². The zero-order chi connectivity index (χ0) is 11.8. The van der Waals surface area contributed by atoms with Crippen LogP contribution in [0.5, 0.6) is 0 Å². The Morgan fingerprint density at radius 1 is 1.31 bits per heavy atom. The van der Waals surface area contributed by atoms with Gasteiger partial charge in [-0.3, -0.25) is 0 Å². The van der Waals surface area contributed by atoms with Crippen LogP contribution in [0.25, 0.3) is 0 Å². The van der Waals surface area contributed by atoms with Crippen LogP contribution in [0.3, 0.4) is 0 Å². The largest absolute Gasteiger partial charge is 2.00 e. The number of carbonyl (C=O) groups is 2. The molecule has 0 saturated carbocycles. The van der Waals surface area contributed by atoms with Crippen LogP contribution in [0.15, 0.2) is 0 Å². The summed E-state index contributed by atoms with van der Waals surface area (Å²) in [7, 11) is 0. The van der Waals surface area contributed by atoms with Crippen molar-refractivity contribution in [3.8, 4) is 0 Å². The van der Waals surface area contributed by atoms with Gasteiger partial charge < -0.3 is 34.4 Å². The molecule has 0 saturated heterocycles. The molecule has 0 fully saturated rings. The summed E-state index contributed by atoms with van der Waals surface area (Å²) in [4.78, 5) is 20.7. The normalized spacial score (nSPS) is 13.6. The fourth-order valence-corrected chi connectivity index (χ4v) is 0.710. The fraction of sp³-hybridized carbons (Fsp3) is 0.750. The number of carboxylic acids is 2. The van der Waals surface area contributed by atoms with Gasteiger partial charge in [0.25, 0.3) is 0 Å². The average molecular weight is 308 g/mol. The molecule has 0 aliphatic rings. The van der Waals surface area contributed by atoms with Crippen molar-refractivity contribution in [2.24, 2.45) is 0 Å². The molecule has 0 amide bonds. The predicted molar refractivity (Wildman–Crippen MR) is 47.8 cm³/mol. The first kappa shape index (κ1) is 18.7. The van der Waals surface area contributed by atoms with Gasteiger partial charge in [0.1, 0.15) is 6.10 Å². The third-order valence-electron chi connectivity index (χ3n) is 1.38. The second-order valence-corrected chi connectivity index (χ2v) is 2.65. The zero-order valence-corrected chi connectivity index (χ0v) is 12.4. The summed E-state index contributed by atoms with van der Waals surface area (Å²) in [5, 5.41) is 29.3. The van der Waals surface area contributed by atoms with Gasteiger partial charge >= 0.3 is 45.5 Å². The Hall–Kier alpha value is 0.301. The van der Waals surface area contributed by atoms with E-state index in [1.807, 2.05) is 0 Å². The number of aliphatic hydroxyl groups is 1. The Kier molecular flexibility index (Phi) is 12.2. The van der Waals surface area contributed by atoms with Gasteiger partial charge in [-0.25, -0.2) is 0 Å². The van der Waals surface area contributed by atoms with Crippen LogP contribution in [0.2, 0.25) is 0 Å². The molecule has 88 valence electrons. The first-order chi connectivity index (χ1) is 7.02. The van der Waals surface area contributed by atoms with E-state index in [1.165, 1.54) is 0 Å². The molecule has 16 heavy (non-hydrogen) atoms. The monoisotopic (exact) mass is 308 g/mol. The van der Waals surface area contributed by atoms with E-state index in [2.05, 4.69) is 9.47 Å². The molecule has 0 radical (unpaired) electrons. The number of rotatable bonds is 8. The number of hydrogen-bond acceptors (Lipinski definition) is 7. The smallest absolute Gasteiger partial charge is 0.547 e. The van der Waals surface area contributed by atoms with E-state index in [0.29, 0.717) is 6.42 Å². The predicted octanol–water partition coefficient (Wildman–Crippen LogP) is -3.76. The van der Waals surface area contributed by atoms with Crippen LogP contribution in [0.1, 0.15) is 13.3 Å². The van der Waals surface area contributed by atoms with E-state index in [0.717, 1.165) is 0 Å². The van der Waals surface area contributed by atoms with E-state index in [4.69, 9.17) is 5.11 Å². The number of hydrogen-bond donors (Lipinski definition) is 1. The molecule has 0 rings (SSSR count). The Labute approximate surface area is 130 Å². The van der Waals surface area contributed by atoms with Crippen LogP contribution < -0.4 is 10.2 Å². The topological polar surface area (TPSA) is 119 Å². The standard InChI is InChI=1S/C8H14O7.Sr/c1-2-3-14-8(7(12)13)15-5(4-9)6(10)11;/h5,8-9H,2-4H2,1H3,(H,10,11)(H,12,13);/q;+2/p-2. The van der Waals surface area contributed by atoms with E-state index in [9.17, 15) is 19.8 Å². The first-order valence-electron chi connectivity index (χ1n) is 4.32. The fourth-order valence-electron chi connectivity index (χ4n) is 0.710. The van der Waals surface area contributed by atoms with Crippen molar-refractivity contribution >= 4 is 57.4 Å². The number of aliphatic carboxylic acids is 2. The second kappa shape index (κ2) is 10.5. The van der Waals surface area contributed by atoms with Crippen molar-refractivity contribution in [2.75, 3.05) is 13.2 Å². The quantitative estimate of drug-likeness (QED) is 0.361. The molecular formula is C8H12O7Sr. The average Bonchev–Trinajstić information content (AvgIpc) is 2.17. The third kappa shape index (κ3) is 7.55. The molecule has 2 atom stereocenters. The molecule has 8 heteroatoms. The molecule has 0 aromatic heterocycles. The molecule has 0 spiro atoms. The summed E-state index contributed by atoms with van der Waals surface area (Å²) in [6.07, 6.45) is -3.04. The van der Waals surface area contributed by atoms with E-state index in [1.54, 1.807) is 6.92 Å². The molecule has 0 aromatic rings. The number of ether oxygens (including phenoxy) is 2. The molecule has 0 aliphatic carbocycles. The van der Waals surface area contributed by atoms with Crippen molar-refractivity contribution in [1.29, 1.82) is 0 Å². The van der Waals surface area contributed by atoms with Gasteiger partial charge in [-0.05, 0) is 6.42 Å². The maximum Gasteiger partial charge on any atom is 2.00 e. The molecule has 2 unspecified atom stereocenters. The number of carboxylic acid groups (broad SMARTS) is 2. The van der Waals surface area contributed by atoms with Gasteiger partial charge in [0.15, 0.2) is 6.29 Å². The summed E-state index contributed by atoms with van der Waals surface area (Å²) in [6.45, 7) is 0.903. The van der Waals surface area contributed by atoms with Crippen LogP contribution in [-0.4, -0.2) is 88.1 Å². The maximum atomic E-state index is 10.4. The summed E-state index contributed by atoms with van der Waals surface area (Å²) in [5.41, 5.74) is 0. The zero-order valence-electron chi connectivity index (χ0n) is 8.88. The summed E-state index contributed by atoms with van der Waals surface area (Å²) >= 11 is 0. The van der Waals surface area contributed by atoms with Gasteiger partial charge in [0.2, 0.25) is 0 Å². The van der Waals surface area contributed by atoms with Gasteiger partial charge in [0, 0.05) is 6.61 Å². The van der Waals surface area contributed by atoms with Crippen molar-refractivity contribution < 1.29 is 34.4 Å². The molecule has 0 aliphatic heterocycles. The summed E-state index contributed by atoms with van der Waals surface area (Å²) < 4.78 is 9.08. The van der Waals surface area contributed by atoms with Gasteiger partial charge in [0.05, 0.1) is 18.5 Å². The molecular weight excluding hydrogens is 296 g/mol. The molecule has 0 aromatic carbocycles. The van der Waals surface area contributed by atoms with Crippen molar-refractivity contribution in [2.45, 2.75) is 25.7 Å². The summed E-state index contributed by atoms with van der Waals surface area (Å²) in [6, 6.07) is 0. The maximum absolute atomic E-state index is 10.4. The van der Waals surface area contributed by atoms with Crippen LogP contribution in [0.4, 0.5) is 0 Å². The minimum atomic E-state index is -1.82. The van der Waals surface area contributed by atoms with Crippen LogP contribution >= 0.6 is 0 Å². The Morgan fingerprint density at radius 3 is 2.19 bits per heavy atom. The van der Waals surface area contributed by atoms with Crippen molar-refractivity contribution in [1.82, 2.24) is 0 Å². The van der Waals surface area contributed by atoms with E-state index >= 15 is 0 Å². The minimum absolute atomic E-state index is 0. The van der Waals surface area contributed by atoms with E-state index < -0.39 is 30.9 Å². The van der Waals surface area contributed by atoms with Crippen molar-refractivity contribution in [3.63, 3.8) is 0 Å². The van der Waals surface area contributed by atoms with Gasteiger partial charge in [-0.2, -0.15) is 0 Å². The molecule has 0 heterocycles. The minimum Gasteiger partial charge on any atom is -0.547 e. The number of aliphatic hydroxyl groups excluding tert-OH is 1. The summed E-state index contributed by atoms with van der Waals surface area (Å²) in [5.74, 6) is -3.42. The SMILES string of the molecule is CCCOC(OC(CO)C(=O)[O-])C(=O)[O-].[Sr+2]. The molecule has 0 bridgehead atoms. The third-order valence-corrected chi connectivity index (χ3v) is 1.38. The number of carbonyl (C=O) groups excluding carboxylic acids is 2. The van der Waals surface area contributed by atoms with Gasteiger partial charge in [-0.1, -0.05) is 6.92 Å². The Morgan fingerprint density at radius 2 is 1.88 bits per heavy atom. The Bertz CT molecular complexity index is 220. The Balaban J connectivity index is 0. The van der Waals surface area contributed by atoms with Crippen LogP contribution in [0, 0.1) is 0 Å². The van der Waals surface area contributed by atoms with E-state index in [-0.39, 0.29) is 52.1 Å².